The van der Waals surface area contributed by atoms with Gasteiger partial charge in [0.15, 0.2) is 16.6 Å². The maximum absolute atomic E-state index is 12.5. The Morgan fingerprint density at radius 3 is 2.11 bits per heavy atom. The second-order valence-electron chi connectivity index (χ2n) is 5.19. The molecule has 0 aliphatic rings. The van der Waals surface area contributed by atoms with E-state index in [9.17, 15) is 14.7 Å². The molecule has 0 saturated carbocycles. The summed E-state index contributed by atoms with van der Waals surface area (Å²) in [6.45, 7) is 0. The first kappa shape index (κ1) is 20.0. The average Bonchev–Trinajstić information content (AvgIpc) is 2.66. The van der Waals surface area contributed by atoms with Gasteiger partial charge in [-0.1, -0.05) is 12.1 Å². The smallest absolute Gasteiger partial charge is 0.257 e. The van der Waals surface area contributed by atoms with Crippen LogP contribution in [-0.2, 0) is 0 Å². The molecule has 0 unspecified atom stereocenters. The summed E-state index contributed by atoms with van der Waals surface area (Å²) in [6, 6.07) is 8.82. The molecule has 0 atom stereocenters. The fraction of sp³-hybridized carbons (Fsp3) is 0.167. The van der Waals surface area contributed by atoms with E-state index in [2.05, 4.69) is 10.6 Å². The van der Waals surface area contributed by atoms with Crippen LogP contribution in [0.2, 0.25) is 0 Å². The number of amides is 1. The number of benzene rings is 2. The van der Waals surface area contributed by atoms with Crippen molar-refractivity contribution >= 4 is 34.9 Å². The SMILES string of the molecule is COc1cc(C(=O)NC(=S)Nc2cccc(C(=O)[O-])c2)cc(OC)c1OC. The van der Waals surface area contributed by atoms with Crippen LogP contribution in [-0.4, -0.2) is 38.3 Å². The number of methoxy groups -OCH3 is 3. The molecule has 1 amide bonds. The Labute approximate surface area is 161 Å². The molecule has 9 heteroatoms. The summed E-state index contributed by atoms with van der Waals surface area (Å²) >= 11 is 5.10. The summed E-state index contributed by atoms with van der Waals surface area (Å²) < 4.78 is 15.6. The Bertz CT molecular complexity index is 859. The van der Waals surface area contributed by atoms with Crippen molar-refractivity contribution in [1.82, 2.24) is 5.32 Å². The van der Waals surface area contributed by atoms with Gasteiger partial charge in [-0.15, -0.1) is 0 Å². The van der Waals surface area contributed by atoms with Crippen LogP contribution in [0.3, 0.4) is 0 Å². The lowest BCUT2D eigenvalue weighted by Gasteiger charge is -2.15. The quantitative estimate of drug-likeness (QED) is 0.710. The summed E-state index contributed by atoms with van der Waals surface area (Å²) in [5.41, 5.74) is 0.614. The number of hydrogen-bond acceptors (Lipinski definition) is 7. The average molecular weight is 389 g/mol. The van der Waals surface area contributed by atoms with Crippen LogP contribution in [0.5, 0.6) is 17.2 Å². The van der Waals surface area contributed by atoms with Crippen LogP contribution in [0, 0.1) is 0 Å². The van der Waals surface area contributed by atoms with Crippen molar-refractivity contribution in [2.24, 2.45) is 0 Å². The van der Waals surface area contributed by atoms with Crippen LogP contribution in [0.4, 0.5) is 5.69 Å². The summed E-state index contributed by atoms with van der Waals surface area (Å²) in [5, 5.41) is 16.1. The number of carboxylic acids is 1. The molecule has 0 spiro atoms. The van der Waals surface area contributed by atoms with Gasteiger partial charge in [0.1, 0.15) is 0 Å². The topological polar surface area (TPSA) is 109 Å². The van der Waals surface area contributed by atoms with Gasteiger partial charge in [-0.05, 0) is 42.0 Å². The lowest BCUT2D eigenvalue weighted by molar-refractivity contribution is -0.255. The minimum absolute atomic E-state index is 0.00995. The highest BCUT2D eigenvalue weighted by Crippen LogP contribution is 2.38. The predicted octanol–water partition coefficient (Wildman–Crippen LogP) is 1.20. The molecule has 8 nitrogen and oxygen atoms in total. The third kappa shape index (κ3) is 4.85. The highest BCUT2D eigenvalue weighted by molar-refractivity contribution is 7.80. The van der Waals surface area contributed by atoms with Gasteiger partial charge in [0.25, 0.3) is 5.91 Å². The van der Waals surface area contributed by atoms with Gasteiger partial charge in [-0.2, -0.15) is 0 Å². The Morgan fingerprint density at radius 2 is 1.59 bits per heavy atom. The van der Waals surface area contributed by atoms with Gasteiger partial charge in [-0.25, -0.2) is 0 Å². The number of carboxylic acid groups (broad SMARTS) is 1. The molecule has 0 aliphatic heterocycles. The molecule has 2 N–H and O–H groups in total. The zero-order valence-electron chi connectivity index (χ0n) is 14.8. The lowest BCUT2D eigenvalue weighted by Crippen LogP contribution is -2.34. The van der Waals surface area contributed by atoms with Crippen LogP contribution >= 0.6 is 12.2 Å². The Balaban J connectivity index is 2.16. The number of aromatic carboxylic acids is 1. The number of hydrogen-bond donors (Lipinski definition) is 2. The minimum Gasteiger partial charge on any atom is -0.545 e. The lowest BCUT2D eigenvalue weighted by atomic mass is 10.1. The molecular weight excluding hydrogens is 372 g/mol. The number of nitrogens with one attached hydrogen (secondary N) is 2. The molecule has 142 valence electrons. The third-order valence-electron chi connectivity index (χ3n) is 3.51. The van der Waals surface area contributed by atoms with E-state index in [0.717, 1.165) is 0 Å². The number of carbonyl (C=O) groups is 2. The molecule has 0 saturated heterocycles. The second-order valence-corrected chi connectivity index (χ2v) is 5.60. The molecule has 0 fully saturated rings. The number of anilines is 1. The zero-order chi connectivity index (χ0) is 20.0. The Kier molecular flexibility index (Phi) is 6.56. The van der Waals surface area contributed by atoms with Crippen molar-refractivity contribution < 1.29 is 28.9 Å². The van der Waals surface area contributed by atoms with Gasteiger partial charge in [-0.3, -0.25) is 10.1 Å². The first-order chi connectivity index (χ1) is 12.9. The Morgan fingerprint density at radius 1 is 0.963 bits per heavy atom. The summed E-state index contributed by atoms with van der Waals surface area (Å²) in [7, 11) is 4.34. The van der Waals surface area contributed by atoms with E-state index in [4.69, 9.17) is 26.4 Å². The first-order valence-electron chi connectivity index (χ1n) is 7.63. The van der Waals surface area contributed by atoms with Gasteiger partial charge < -0.3 is 29.4 Å². The number of carbonyl (C=O) groups excluding carboxylic acids is 2. The van der Waals surface area contributed by atoms with Crippen molar-refractivity contribution in [2.45, 2.75) is 0 Å². The molecule has 0 heterocycles. The summed E-state index contributed by atoms with van der Waals surface area (Å²) in [6.07, 6.45) is 0. The number of ether oxygens (including phenoxy) is 3. The molecule has 0 aromatic heterocycles. The maximum atomic E-state index is 12.5. The highest BCUT2D eigenvalue weighted by atomic mass is 32.1. The van der Waals surface area contributed by atoms with Gasteiger partial charge >= 0.3 is 0 Å². The molecule has 2 rings (SSSR count). The van der Waals surface area contributed by atoms with Crippen molar-refractivity contribution in [1.29, 1.82) is 0 Å². The molecule has 0 bridgehead atoms. The van der Waals surface area contributed by atoms with E-state index in [0.29, 0.717) is 22.9 Å². The first-order valence-corrected chi connectivity index (χ1v) is 8.04. The molecule has 2 aromatic rings. The normalized spacial score (nSPS) is 9.89. The van der Waals surface area contributed by atoms with E-state index in [1.165, 1.54) is 51.7 Å². The molecular formula is C18H17N2O6S-. The highest BCUT2D eigenvalue weighted by Gasteiger charge is 2.17. The van der Waals surface area contributed by atoms with Crippen LogP contribution in [0.1, 0.15) is 20.7 Å². The second kappa shape index (κ2) is 8.86. The van der Waals surface area contributed by atoms with E-state index in [-0.39, 0.29) is 16.2 Å². The van der Waals surface area contributed by atoms with E-state index < -0.39 is 11.9 Å². The van der Waals surface area contributed by atoms with Crippen LogP contribution < -0.4 is 30.0 Å². The summed E-state index contributed by atoms with van der Waals surface area (Å²) in [4.78, 5) is 23.4. The molecule has 0 aliphatic carbocycles. The van der Waals surface area contributed by atoms with E-state index in [1.807, 2.05) is 0 Å². The zero-order valence-corrected chi connectivity index (χ0v) is 15.6. The number of thiocarbonyl (C=S) groups is 1. The van der Waals surface area contributed by atoms with Crippen LogP contribution in [0.25, 0.3) is 0 Å². The predicted molar refractivity (Wildman–Crippen MR) is 101 cm³/mol. The monoisotopic (exact) mass is 389 g/mol. The van der Waals surface area contributed by atoms with Gasteiger partial charge in [0.2, 0.25) is 5.75 Å². The standard InChI is InChI=1S/C18H18N2O6S/c1-24-13-8-11(9-14(25-2)15(13)26-3)16(21)20-18(27)19-12-6-4-5-10(7-12)17(22)23/h4-9H,1-3H3,(H,22,23)(H2,19,20,21,27)/p-1. The van der Waals surface area contributed by atoms with Crippen LogP contribution in [0.15, 0.2) is 36.4 Å². The Hall–Kier alpha value is -3.33. The molecule has 27 heavy (non-hydrogen) atoms. The third-order valence-corrected chi connectivity index (χ3v) is 3.71. The van der Waals surface area contributed by atoms with Crippen molar-refractivity contribution in [3.05, 3.63) is 47.5 Å². The largest absolute Gasteiger partial charge is 0.545 e. The molecule has 2 aromatic carbocycles. The van der Waals surface area contributed by atoms with Gasteiger partial charge in [0, 0.05) is 11.3 Å². The van der Waals surface area contributed by atoms with Crippen molar-refractivity contribution in [3.8, 4) is 17.2 Å². The fourth-order valence-corrected chi connectivity index (χ4v) is 2.48. The van der Waals surface area contributed by atoms with E-state index >= 15 is 0 Å². The van der Waals surface area contributed by atoms with Crippen molar-refractivity contribution in [2.75, 3.05) is 26.6 Å². The maximum Gasteiger partial charge on any atom is 0.257 e. The number of rotatable bonds is 6. The fourth-order valence-electron chi connectivity index (χ4n) is 2.27. The minimum atomic E-state index is -1.31. The van der Waals surface area contributed by atoms with E-state index in [1.54, 1.807) is 6.07 Å². The summed E-state index contributed by atoms with van der Waals surface area (Å²) in [5.74, 6) is -0.824. The molecule has 0 radical (unpaired) electrons. The van der Waals surface area contributed by atoms with Crippen molar-refractivity contribution in [3.63, 3.8) is 0 Å². The van der Waals surface area contributed by atoms with Gasteiger partial charge in [0.05, 0.1) is 27.3 Å².